The Labute approximate surface area is 201 Å². The minimum Gasteiger partial charge on any atom is -0.481 e. The number of likely N-dealkylation sites (N-methyl/N-ethyl adjacent to an activating group) is 1. The van der Waals surface area contributed by atoms with Crippen LogP contribution in [0.25, 0.3) is 0 Å². The van der Waals surface area contributed by atoms with Crippen molar-refractivity contribution >= 4 is 11.9 Å². The van der Waals surface area contributed by atoms with E-state index in [1.54, 1.807) is 11.9 Å². The number of benzene rings is 3. The lowest BCUT2D eigenvalue weighted by Crippen LogP contribution is -2.44. The maximum absolute atomic E-state index is 13.5. The molecule has 5 heteroatoms. The largest absolute Gasteiger partial charge is 0.481 e. The molecule has 3 aromatic carbocycles. The number of carbonyl (C=O) groups is 2. The minimum absolute atomic E-state index is 0.0425. The van der Waals surface area contributed by atoms with Gasteiger partial charge in [0.05, 0.1) is 11.5 Å². The van der Waals surface area contributed by atoms with Gasteiger partial charge in [0, 0.05) is 20.1 Å². The van der Waals surface area contributed by atoms with Crippen LogP contribution in [0, 0.1) is 11.8 Å². The van der Waals surface area contributed by atoms with E-state index in [-0.39, 0.29) is 24.4 Å². The molecule has 1 aliphatic heterocycles. The van der Waals surface area contributed by atoms with Crippen LogP contribution in [0.1, 0.15) is 30.5 Å². The predicted molar refractivity (Wildman–Crippen MR) is 133 cm³/mol. The number of carboxylic acid groups (broad SMARTS) is 1. The van der Waals surface area contributed by atoms with Crippen molar-refractivity contribution in [2.24, 2.45) is 11.8 Å². The number of hydrogen-bond donors (Lipinski definition) is 1. The summed E-state index contributed by atoms with van der Waals surface area (Å²) < 4.78 is 0. The van der Waals surface area contributed by atoms with E-state index in [9.17, 15) is 14.7 Å². The first-order valence-electron chi connectivity index (χ1n) is 11.8. The summed E-state index contributed by atoms with van der Waals surface area (Å²) in [4.78, 5) is 29.1. The molecule has 176 valence electrons. The predicted octanol–water partition coefficient (Wildman–Crippen LogP) is 4.48. The van der Waals surface area contributed by atoms with Crippen LogP contribution in [0.3, 0.4) is 0 Å². The lowest BCUT2D eigenvalue weighted by atomic mass is 9.76. The van der Waals surface area contributed by atoms with Gasteiger partial charge in [-0.1, -0.05) is 105 Å². The van der Waals surface area contributed by atoms with Crippen LogP contribution >= 0.6 is 0 Å². The normalized spacial score (nSPS) is 18.4. The molecule has 0 aromatic heterocycles. The second-order valence-electron chi connectivity index (χ2n) is 9.38. The molecule has 1 N–H and O–H groups in total. The fourth-order valence-corrected chi connectivity index (χ4v) is 4.97. The zero-order valence-electron chi connectivity index (χ0n) is 20.0. The Morgan fingerprint density at radius 1 is 0.882 bits per heavy atom. The molecule has 1 fully saturated rings. The molecule has 1 saturated heterocycles. The summed E-state index contributed by atoms with van der Waals surface area (Å²) in [6, 6.07) is 30.5. The molecule has 0 saturated carbocycles. The number of nitrogens with zero attached hydrogens (tertiary/aromatic N) is 2. The second-order valence-corrected chi connectivity index (χ2v) is 9.38. The number of carboxylic acids is 1. The van der Waals surface area contributed by atoms with Crippen molar-refractivity contribution in [3.05, 3.63) is 108 Å². The molecule has 1 amide bonds. The topological polar surface area (TPSA) is 60.6 Å². The first-order chi connectivity index (χ1) is 16.4. The second kappa shape index (κ2) is 9.82. The number of carbonyl (C=O) groups excluding carboxylic acids is 1. The summed E-state index contributed by atoms with van der Waals surface area (Å²) in [5, 5.41) is 9.61. The van der Waals surface area contributed by atoms with Gasteiger partial charge in [0.2, 0.25) is 5.91 Å². The molecule has 4 rings (SSSR count). The maximum atomic E-state index is 13.5. The van der Waals surface area contributed by atoms with Gasteiger partial charge in [-0.05, 0) is 22.6 Å². The summed E-state index contributed by atoms with van der Waals surface area (Å²) in [7, 11) is 1.71. The van der Waals surface area contributed by atoms with Crippen molar-refractivity contribution in [1.29, 1.82) is 0 Å². The number of hydrogen-bond acceptors (Lipinski definition) is 3. The van der Waals surface area contributed by atoms with Crippen LogP contribution in [-0.4, -0.2) is 53.0 Å². The molecular weight excluding hydrogens is 424 g/mol. The fraction of sp³-hybridized carbons (Fsp3) is 0.310. The monoisotopic (exact) mass is 456 g/mol. The highest BCUT2D eigenvalue weighted by Gasteiger charge is 2.56. The van der Waals surface area contributed by atoms with Gasteiger partial charge in [-0.25, -0.2) is 0 Å². The van der Waals surface area contributed by atoms with E-state index in [0.29, 0.717) is 6.54 Å². The minimum atomic E-state index is -0.866. The van der Waals surface area contributed by atoms with Crippen molar-refractivity contribution in [3.8, 4) is 0 Å². The van der Waals surface area contributed by atoms with Crippen LogP contribution < -0.4 is 0 Å². The van der Waals surface area contributed by atoms with Gasteiger partial charge in [0.1, 0.15) is 6.04 Å². The maximum Gasteiger partial charge on any atom is 0.308 e. The Bertz CT molecular complexity index is 1020. The Morgan fingerprint density at radius 2 is 1.29 bits per heavy atom. The lowest BCUT2D eigenvalue weighted by molar-refractivity contribution is -0.145. The standard InChI is InChI=1S/C29H32N2O3/c1-21(2)25(28(33)34)19-30(3)27(32)26-20-31(26)29(22-13-7-4-8-14-22,23-15-9-5-10-16-23)24-17-11-6-12-18-24/h4-18,21,25-26H,19-20H2,1-3H3,(H,33,34)/t25?,26?,31-/m1/s1. The SMILES string of the molecule is CC(C)C(CN(C)C(=O)C1C[N@@]1C(c1ccccc1)(c1ccccc1)c1ccccc1)C(=O)O. The van der Waals surface area contributed by atoms with Crippen molar-refractivity contribution < 1.29 is 14.7 Å². The number of rotatable bonds is 9. The van der Waals surface area contributed by atoms with Gasteiger partial charge in [0.25, 0.3) is 0 Å². The molecule has 34 heavy (non-hydrogen) atoms. The van der Waals surface area contributed by atoms with E-state index in [2.05, 4.69) is 41.3 Å². The van der Waals surface area contributed by atoms with E-state index in [1.165, 1.54) is 0 Å². The fourth-order valence-electron chi connectivity index (χ4n) is 4.97. The van der Waals surface area contributed by atoms with Gasteiger partial charge in [-0.3, -0.25) is 14.5 Å². The van der Waals surface area contributed by atoms with E-state index in [4.69, 9.17) is 0 Å². The van der Waals surface area contributed by atoms with Crippen LogP contribution in [0.5, 0.6) is 0 Å². The molecule has 3 atom stereocenters. The lowest BCUT2D eigenvalue weighted by Gasteiger charge is -2.38. The van der Waals surface area contributed by atoms with E-state index < -0.39 is 17.4 Å². The summed E-state index contributed by atoms with van der Waals surface area (Å²) in [5.41, 5.74) is 2.65. The van der Waals surface area contributed by atoms with E-state index in [0.717, 1.165) is 16.7 Å². The molecule has 0 radical (unpaired) electrons. The molecule has 0 bridgehead atoms. The zero-order chi connectivity index (χ0) is 24.3. The first-order valence-corrected chi connectivity index (χ1v) is 11.8. The Hall–Kier alpha value is -3.44. The van der Waals surface area contributed by atoms with Crippen LogP contribution in [0.4, 0.5) is 0 Å². The Morgan fingerprint density at radius 3 is 1.65 bits per heavy atom. The molecule has 1 heterocycles. The zero-order valence-corrected chi connectivity index (χ0v) is 20.0. The Kier molecular flexibility index (Phi) is 6.85. The number of amides is 1. The van der Waals surface area contributed by atoms with Crippen molar-refractivity contribution in [3.63, 3.8) is 0 Å². The van der Waals surface area contributed by atoms with Crippen LogP contribution in [0.15, 0.2) is 91.0 Å². The van der Waals surface area contributed by atoms with Crippen molar-refractivity contribution in [2.45, 2.75) is 25.4 Å². The molecular formula is C29H32N2O3. The Balaban J connectivity index is 1.75. The third kappa shape index (κ3) is 4.36. The first kappa shape index (κ1) is 23.7. The summed E-state index contributed by atoms with van der Waals surface area (Å²) in [6.07, 6.45) is 0. The van der Waals surface area contributed by atoms with Crippen molar-refractivity contribution in [2.75, 3.05) is 20.1 Å². The molecule has 3 aromatic rings. The van der Waals surface area contributed by atoms with E-state index in [1.807, 2.05) is 68.4 Å². The van der Waals surface area contributed by atoms with Gasteiger partial charge < -0.3 is 10.0 Å². The third-order valence-corrected chi connectivity index (χ3v) is 6.87. The van der Waals surface area contributed by atoms with Crippen LogP contribution in [0.2, 0.25) is 0 Å². The van der Waals surface area contributed by atoms with Crippen molar-refractivity contribution in [1.82, 2.24) is 9.80 Å². The molecule has 0 spiro atoms. The quantitative estimate of drug-likeness (QED) is 0.381. The van der Waals surface area contributed by atoms with Gasteiger partial charge in [-0.2, -0.15) is 0 Å². The summed E-state index contributed by atoms with van der Waals surface area (Å²) in [5.74, 6) is -1.56. The number of aliphatic carboxylic acids is 1. The molecule has 1 aliphatic rings. The molecule has 5 nitrogen and oxygen atoms in total. The average molecular weight is 457 g/mol. The van der Waals surface area contributed by atoms with E-state index >= 15 is 0 Å². The third-order valence-electron chi connectivity index (χ3n) is 6.87. The summed E-state index contributed by atoms with van der Waals surface area (Å²) >= 11 is 0. The average Bonchev–Trinajstić information content (AvgIpc) is 3.65. The van der Waals surface area contributed by atoms with Gasteiger partial charge in [0.15, 0.2) is 0 Å². The highest BCUT2D eigenvalue weighted by Crippen LogP contribution is 2.48. The van der Waals surface area contributed by atoms with Crippen LogP contribution in [-0.2, 0) is 15.1 Å². The molecule has 2 unspecified atom stereocenters. The highest BCUT2D eigenvalue weighted by atomic mass is 16.4. The highest BCUT2D eigenvalue weighted by molar-refractivity contribution is 5.86. The molecule has 0 aliphatic carbocycles. The summed E-state index contributed by atoms with van der Waals surface area (Å²) in [6.45, 7) is 4.56. The van der Waals surface area contributed by atoms with Gasteiger partial charge in [-0.15, -0.1) is 0 Å². The smallest absolute Gasteiger partial charge is 0.308 e. The van der Waals surface area contributed by atoms with Gasteiger partial charge >= 0.3 is 5.97 Å².